The number of carbonyl (C=O) groups is 2. The van der Waals surface area contributed by atoms with E-state index in [2.05, 4.69) is 24.4 Å². The lowest BCUT2D eigenvalue weighted by Crippen LogP contribution is -2.36. The summed E-state index contributed by atoms with van der Waals surface area (Å²) in [5, 5.41) is 3.12. The molecule has 1 unspecified atom stereocenters. The fourth-order valence-corrected chi connectivity index (χ4v) is 5.90. The molecule has 1 aromatic rings. The number of aryl methyl sites for hydroxylation is 1. The van der Waals surface area contributed by atoms with Gasteiger partial charge in [-0.05, 0) is 67.6 Å². The van der Waals surface area contributed by atoms with Gasteiger partial charge in [0.15, 0.2) is 0 Å². The van der Waals surface area contributed by atoms with Gasteiger partial charge in [-0.15, -0.1) is 0 Å². The number of anilines is 1. The van der Waals surface area contributed by atoms with Gasteiger partial charge in [0, 0.05) is 38.3 Å². The van der Waals surface area contributed by atoms with Gasteiger partial charge in [-0.25, -0.2) is 4.79 Å². The number of carbonyl (C=O) groups excluding carboxylic acids is 2. The molecule has 30 heavy (non-hydrogen) atoms. The monoisotopic (exact) mass is 411 g/mol. The summed E-state index contributed by atoms with van der Waals surface area (Å²) < 4.78 is 0. The van der Waals surface area contributed by atoms with Crippen molar-refractivity contribution in [3.63, 3.8) is 0 Å². The van der Waals surface area contributed by atoms with Crippen LogP contribution in [0.3, 0.4) is 0 Å². The molecule has 3 aliphatic rings. The molecule has 1 saturated carbocycles. The molecule has 5 nitrogen and oxygen atoms in total. The Bertz CT molecular complexity index is 751. The minimum Gasteiger partial charge on any atom is -0.343 e. The van der Waals surface area contributed by atoms with E-state index in [0.717, 1.165) is 57.5 Å². The number of nitrogens with zero attached hydrogens (tertiary/aromatic N) is 2. The molecule has 3 fully saturated rings. The molecule has 164 valence electrons. The van der Waals surface area contributed by atoms with Crippen molar-refractivity contribution in [2.24, 2.45) is 11.3 Å². The van der Waals surface area contributed by atoms with Crippen molar-refractivity contribution < 1.29 is 9.59 Å². The van der Waals surface area contributed by atoms with Gasteiger partial charge in [0.25, 0.3) is 0 Å². The first kappa shape index (κ1) is 21.2. The summed E-state index contributed by atoms with van der Waals surface area (Å²) >= 11 is 0. The first-order chi connectivity index (χ1) is 14.6. The Morgan fingerprint density at radius 3 is 2.57 bits per heavy atom. The molecule has 0 aromatic heterocycles. The topological polar surface area (TPSA) is 52.7 Å². The average Bonchev–Trinajstić information content (AvgIpc) is 3.42. The lowest BCUT2D eigenvalue weighted by molar-refractivity contribution is -0.130. The van der Waals surface area contributed by atoms with Crippen LogP contribution in [0.1, 0.15) is 70.3 Å². The van der Waals surface area contributed by atoms with E-state index in [1.54, 1.807) is 0 Å². The molecule has 2 heterocycles. The minimum atomic E-state index is 0.0153. The predicted octanol–water partition coefficient (Wildman–Crippen LogP) is 5.07. The van der Waals surface area contributed by atoms with E-state index >= 15 is 0 Å². The molecule has 1 N–H and O–H groups in total. The van der Waals surface area contributed by atoms with Crippen LogP contribution in [0.2, 0.25) is 0 Å². The maximum absolute atomic E-state index is 13.1. The molecule has 4 rings (SSSR count). The summed E-state index contributed by atoms with van der Waals surface area (Å²) in [6.45, 7) is 5.61. The number of urea groups is 1. The van der Waals surface area contributed by atoms with Gasteiger partial charge in [-0.3, -0.25) is 4.79 Å². The van der Waals surface area contributed by atoms with Gasteiger partial charge in [0.05, 0.1) is 0 Å². The highest BCUT2D eigenvalue weighted by atomic mass is 16.2. The van der Waals surface area contributed by atoms with E-state index in [-0.39, 0.29) is 11.4 Å². The first-order valence-electron chi connectivity index (χ1n) is 12.0. The van der Waals surface area contributed by atoms with Crippen LogP contribution >= 0.6 is 0 Å². The zero-order valence-electron chi connectivity index (χ0n) is 18.5. The SMILES string of the molecule is CCc1cccc(NC(=O)N2CC(CCC(=O)N3CCCC3)C3(CCCCC3)C2)c1. The van der Waals surface area contributed by atoms with E-state index < -0.39 is 0 Å². The largest absolute Gasteiger partial charge is 0.343 e. The normalized spacial score (nSPS) is 23.2. The zero-order chi connectivity index (χ0) is 21.0. The maximum Gasteiger partial charge on any atom is 0.321 e. The summed E-state index contributed by atoms with van der Waals surface area (Å²) in [5.74, 6) is 0.759. The number of rotatable bonds is 5. The average molecular weight is 412 g/mol. The van der Waals surface area contributed by atoms with Gasteiger partial charge < -0.3 is 15.1 Å². The lowest BCUT2D eigenvalue weighted by atomic mass is 9.66. The molecule has 2 saturated heterocycles. The quantitative estimate of drug-likeness (QED) is 0.736. The van der Waals surface area contributed by atoms with E-state index in [9.17, 15) is 9.59 Å². The Hall–Kier alpha value is -2.04. The van der Waals surface area contributed by atoms with Crippen molar-refractivity contribution in [2.75, 3.05) is 31.5 Å². The Morgan fingerprint density at radius 2 is 1.83 bits per heavy atom. The second kappa shape index (κ2) is 9.40. The second-order valence-corrected chi connectivity index (χ2v) is 9.61. The third-order valence-electron chi connectivity index (χ3n) is 7.70. The second-order valence-electron chi connectivity index (χ2n) is 9.61. The van der Waals surface area contributed by atoms with Crippen LogP contribution in [0.4, 0.5) is 10.5 Å². The van der Waals surface area contributed by atoms with E-state index in [4.69, 9.17) is 0 Å². The van der Waals surface area contributed by atoms with Crippen molar-refractivity contribution in [3.05, 3.63) is 29.8 Å². The molecule has 1 aromatic carbocycles. The van der Waals surface area contributed by atoms with Gasteiger partial charge in [-0.1, -0.05) is 38.3 Å². The minimum absolute atomic E-state index is 0.0153. The molecule has 1 spiro atoms. The number of hydrogen-bond donors (Lipinski definition) is 1. The molecule has 0 bridgehead atoms. The Kier molecular flexibility index (Phi) is 6.64. The van der Waals surface area contributed by atoms with Crippen molar-refractivity contribution in [1.29, 1.82) is 0 Å². The predicted molar refractivity (Wildman–Crippen MR) is 120 cm³/mol. The molecule has 0 radical (unpaired) electrons. The van der Waals surface area contributed by atoms with E-state index in [1.807, 2.05) is 21.9 Å². The molecular formula is C25H37N3O2. The Labute approximate surface area is 181 Å². The van der Waals surface area contributed by atoms with Crippen LogP contribution in [0.25, 0.3) is 0 Å². The van der Waals surface area contributed by atoms with Crippen LogP contribution in [0, 0.1) is 11.3 Å². The maximum atomic E-state index is 13.1. The van der Waals surface area contributed by atoms with Crippen molar-refractivity contribution >= 4 is 17.6 Å². The number of amides is 3. The van der Waals surface area contributed by atoms with Gasteiger partial charge in [0.2, 0.25) is 5.91 Å². The summed E-state index contributed by atoms with van der Waals surface area (Å²) in [7, 11) is 0. The summed E-state index contributed by atoms with van der Waals surface area (Å²) in [6.07, 6.45) is 11.0. The smallest absolute Gasteiger partial charge is 0.321 e. The van der Waals surface area contributed by atoms with Gasteiger partial charge in [-0.2, -0.15) is 0 Å². The summed E-state index contributed by atoms with van der Waals surface area (Å²) in [5.41, 5.74) is 2.33. The molecule has 1 atom stereocenters. The number of likely N-dealkylation sites (tertiary alicyclic amines) is 2. The lowest BCUT2D eigenvalue weighted by Gasteiger charge is -2.38. The van der Waals surface area contributed by atoms with Crippen LogP contribution in [-0.2, 0) is 11.2 Å². The highest BCUT2D eigenvalue weighted by Crippen LogP contribution is 2.49. The van der Waals surface area contributed by atoms with Crippen molar-refractivity contribution in [2.45, 2.75) is 71.1 Å². The molecule has 2 aliphatic heterocycles. The summed E-state index contributed by atoms with van der Waals surface area (Å²) in [4.78, 5) is 29.8. The molecule has 3 amide bonds. The van der Waals surface area contributed by atoms with Crippen LogP contribution in [0.5, 0.6) is 0 Å². The molecular weight excluding hydrogens is 374 g/mol. The van der Waals surface area contributed by atoms with Crippen LogP contribution in [0.15, 0.2) is 24.3 Å². The van der Waals surface area contributed by atoms with Crippen LogP contribution < -0.4 is 5.32 Å². The molecule has 5 heteroatoms. The third-order valence-corrected chi connectivity index (χ3v) is 7.70. The number of benzene rings is 1. The van der Waals surface area contributed by atoms with Crippen LogP contribution in [-0.4, -0.2) is 47.9 Å². The number of nitrogens with one attached hydrogen (secondary N) is 1. The number of hydrogen-bond acceptors (Lipinski definition) is 2. The fraction of sp³-hybridized carbons (Fsp3) is 0.680. The fourth-order valence-electron chi connectivity index (χ4n) is 5.90. The Balaban J connectivity index is 1.40. The first-order valence-corrected chi connectivity index (χ1v) is 12.0. The molecule has 1 aliphatic carbocycles. The van der Waals surface area contributed by atoms with Gasteiger partial charge >= 0.3 is 6.03 Å². The highest BCUT2D eigenvalue weighted by Gasteiger charge is 2.48. The third kappa shape index (κ3) is 4.65. The highest BCUT2D eigenvalue weighted by molar-refractivity contribution is 5.89. The standard InChI is InChI=1S/C25H37N3O2/c1-2-20-9-8-10-22(17-20)26-24(30)28-18-21(25(19-28)13-4-3-5-14-25)11-12-23(29)27-15-6-7-16-27/h8-10,17,21H,2-7,11-16,18-19H2,1H3,(H,26,30). The van der Waals surface area contributed by atoms with Crippen molar-refractivity contribution in [3.8, 4) is 0 Å². The summed E-state index contributed by atoms with van der Waals surface area (Å²) in [6, 6.07) is 8.15. The zero-order valence-corrected chi connectivity index (χ0v) is 18.5. The van der Waals surface area contributed by atoms with E-state index in [0.29, 0.717) is 18.2 Å². The Morgan fingerprint density at radius 1 is 1.07 bits per heavy atom. The van der Waals surface area contributed by atoms with E-state index in [1.165, 1.54) is 37.7 Å². The van der Waals surface area contributed by atoms with Crippen molar-refractivity contribution in [1.82, 2.24) is 9.80 Å². The van der Waals surface area contributed by atoms with Gasteiger partial charge in [0.1, 0.15) is 0 Å².